The number of nitrogens with one attached hydrogen (secondary N) is 2. The molecule has 0 spiro atoms. The van der Waals surface area contributed by atoms with Crippen molar-refractivity contribution in [3.63, 3.8) is 0 Å². The zero-order valence-corrected chi connectivity index (χ0v) is 11.9. The Labute approximate surface area is 114 Å². The van der Waals surface area contributed by atoms with Crippen LogP contribution in [0.2, 0.25) is 0 Å². The van der Waals surface area contributed by atoms with E-state index in [2.05, 4.69) is 15.5 Å². The van der Waals surface area contributed by atoms with Gasteiger partial charge in [0.2, 0.25) is 5.91 Å². The molecule has 2 N–H and O–H groups in total. The molecule has 1 atom stereocenters. The molecule has 6 nitrogen and oxygen atoms in total. The van der Waals surface area contributed by atoms with Gasteiger partial charge in [0.05, 0.1) is 18.8 Å². The molecule has 2 aliphatic heterocycles. The zero-order chi connectivity index (χ0) is 13.7. The van der Waals surface area contributed by atoms with Crippen LogP contribution in [0.4, 0.5) is 0 Å². The van der Waals surface area contributed by atoms with Gasteiger partial charge in [-0.2, -0.15) is 0 Å². The summed E-state index contributed by atoms with van der Waals surface area (Å²) in [6, 6.07) is 0.140. The van der Waals surface area contributed by atoms with Crippen LogP contribution in [0.5, 0.6) is 0 Å². The smallest absolute Gasteiger partial charge is 0.246 e. The predicted molar refractivity (Wildman–Crippen MR) is 72.1 cm³/mol. The molecule has 6 heteroatoms. The van der Waals surface area contributed by atoms with E-state index in [1.54, 1.807) is 0 Å². The van der Waals surface area contributed by atoms with Gasteiger partial charge in [-0.15, -0.1) is 0 Å². The fraction of sp³-hybridized carbons (Fsp3) is 0.923. The average Bonchev–Trinajstić information content (AvgIpc) is 2.35. The maximum Gasteiger partial charge on any atom is 0.246 e. The molecule has 1 unspecified atom stereocenters. The van der Waals surface area contributed by atoms with Crippen LogP contribution in [0.1, 0.15) is 13.8 Å². The van der Waals surface area contributed by atoms with Gasteiger partial charge in [-0.05, 0) is 13.8 Å². The van der Waals surface area contributed by atoms with E-state index in [-0.39, 0.29) is 24.2 Å². The standard InChI is InChI=1S/C13H25N3O3/c1-11(7-16-3-5-18-6-4-16)15-12(17)8-19-13(2)9-14-10-13/h11,14H,3-10H2,1-2H3,(H,15,17). The van der Waals surface area contributed by atoms with Crippen molar-refractivity contribution < 1.29 is 14.3 Å². The van der Waals surface area contributed by atoms with Crippen molar-refractivity contribution in [2.45, 2.75) is 25.5 Å². The molecule has 2 rings (SSSR count). The normalized spacial score (nSPS) is 24.5. The topological polar surface area (TPSA) is 62.8 Å². The molecule has 2 saturated heterocycles. The minimum atomic E-state index is -0.162. The molecule has 0 aromatic heterocycles. The Bertz CT molecular complexity index is 302. The van der Waals surface area contributed by atoms with Gasteiger partial charge in [-0.3, -0.25) is 9.69 Å². The molecule has 19 heavy (non-hydrogen) atoms. The summed E-state index contributed by atoms with van der Waals surface area (Å²) >= 11 is 0. The summed E-state index contributed by atoms with van der Waals surface area (Å²) in [4.78, 5) is 14.1. The zero-order valence-electron chi connectivity index (χ0n) is 11.9. The fourth-order valence-corrected chi connectivity index (χ4v) is 2.35. The molecule has 0 bridgehead atoms. The predicted octanol–water partition coefficient (Wildman–Crippen LogP) is -0.798. The molecule has 0 aromatic rings. The van der Waals surface area contributed by atoms with Crippen molar-refractivity contribution in [1.29, 1.82) is 0 Å². The molecule has 0 aliphatic carbocycles. The van der Waals surface area contributed by atoms with Crippen LogP contribution in [-0.2, 0) is 14.3 Å². The van der Waals surface area contributed by atoms with Crippen LogP contribution in [0, 0.1) is 0 Å². The van der Waals surface area contributed by atoms with Crippen LogP contribution >= 0.6 is 0 Å². The Morgan fingerprint density at radius 2 is 2.16 bits per heavy atom. The van der Waals surface area contributed by atoms with Gasteiger partial charge in [0.15, 0.2) is 0 Å². The first-order valence-electron chi connectivity index (χ1n) is 7.01. The number of nitrogens with zero attached hydrogens (tertiary/aromatic N) is 1. The van der Waals surface area contributed by atoms with E-state index in [1.165, 1.54) is 0 Å². The third-order valence-corrected chi connectivity index (χ3v) is 3.59. The van der Waals surface area contributed by atoms with Gasteiger partial charge >= 0.3 is 0 Å². The lowest BCUT2D eigenvalue weighted by atomic mass is 10.0. The highest BCUT2D eigenvalue weighted by Gasteiger charge is 2.33. The molecule has 0 saturated carbocycles. The van der Waals surface area contributed by atoms with E-state index in [0.717, 1.165) is 45.9 Å². The van der Waals surface area contributed by atoms with E-state index in [9.17, 15) is 4.79 Å². The molecule has 2 heterocycles. The first kappa shape index (κ1) is 14.7. The largest absolute Gasteiger partial charge is 0.379 e. The SMILES string of the molecule is CC(CN1CCOCC1)NC(=O)COC1(C)CNC1. The molecule has 1 amide bonds. The van der Waals surface area contributed by atoms with Gasteiger partial charge in [0.1, 0.15) is 6.61 Å². The van der Waals surface area contributed by atoms with E-state index in [4.69, 9.17) is 9.47 Å². The van der Waals surface area contributed by atoms with Crippen LogP contribution in [-0.4, -0.2) is 75.0 Å². The second-order valence-electron chi connectivity index (χ2n) is 5.72. The Hall–Kier alpha value is -0.690. The highest BCUT2D eigenvalue weighted by Crippen LogP contribution is 2.14. The quantitative estimate of drug-likeness (QED) is 0.662. The maximum atomic E-state index is 11.8. The number of amides is 1. The van der Waals surface area contributed by atoms with Crippen molar-refractivity contribution in [3.8, 4) is 0 Å². The molecule has 2 fully saturated rings. The summed E-state index contributed by atoms with van der Waals surface area (Å²) in [5.41, 5.74) is -0.162. The van der Waals surface area contributed by atoms with Crippen molar-refractivity contribution in [2.24, 2.45) is 0 Å². The molecule has 0 aromatic carbocycles. The maximum absolute atomic E-state index is 11.8. The summed E-state index contributed by atoms with van der Waals surface area (Å²) in [5.74, 6) is -0.0334. The van der Waals surface area contributed by atoms with Crippen LogP contribution in [0.15, 0.2) is 0 Å². The van der Waals surface area contributed by atoms with Crippen LogP contribution in [0.3, 0.4) is 0 Å². The summed E-state index contributed by atoms with van der Waals surface area (Å²) in [6.45, 7) is 10.2. The third kappa shape index (κ3) is 4.72. The first-order chi connectivity index (χ1) is 9.07. The van der Waals surface area contributed by atoms with Crippen molar-refractivity contribution in [3.05, 3.63) is 0 Å². The summed E-state index contributed by atoms with van der Waals surface area (Å²) in [6.07, 6.45) is 0. The summed E-state index contributed by atoms with van der Waals surface area (Å²) in [7, 11) is 0. The van der Waals surface area contributed by atoms with Gasteiger partial charge in [0.25, 0.3) is 0 Å². The highest BCUT2D eigenvalue weighted by atomic mass is 16.5. The number of ether oxygens (including phenoxy) is 2. The monoisotopic (exact) mass is 271 g/mol. The van der Waals surface area contributed by atoms with Crippen molar-refractivity contribution >= 4 is 5.91 Å². The lowest BCUT2D eigenvalue weighted by Gasteiger charge is -2.38. The molecule has 0 radical (unpaired) electrons. The Morgan fingerprint density at radius 3 is 2.74 bits per heavy atom. The van der Waals surface area contributed by atoms with Crippen LogP contribution in [0.25, 0.3) is 0 Å². The summed E-state index contributed by atoms with van der Waals surface area (Å²) < 4.78 is 10.9. The number of hydrogen-bond donors (Lipinski definition) is 2. The van der Waals surface area contributed by atoms with Crippen molar-refractivity contribution in [1.82, 2.24) is 15.5 Å². The van der Waals surface area contributed by atoms with Crippen molar-refractivity contribution in [2.75, 3.05) is 52.5 Å². The van der Waals surface area contributed by atoms with Crippen LogP contribution < -0.4 is 10.6 Å². The number of morpholine rings is 1. The number of carbonyl (C=O) groups is 1. The Balaban J connectivity index is 1.60. The molecule has 2 aliphatic rings. The van der Waals surface area contributed by atoms with Gasteiger partial charge < -0.3 is 20.1 Å². The lowest BCUT2D eigenvalue weighted by molar-refractivity contribution is -0.136. The van der Waals surface area contributed by atoms with Gasteiger partial charge in [0, 0.05) is 38.8 Å². The number of rotatable bonds is 6. The Morgan fingerprint density at radius 1 is 1.47 bits per heavy atom. The lowest BCUT2D eigenvalue weighted by Crippen LogP contribution is -2.60. The van der Waals surface area contributed by atoms with E-state index in [0.29, 0.717) is 0 Å². The average molecular weight is 271 g/mol. The Kier molecular flexibility index (Phi) is 5.15. The fourth-order valence-electron chi connectivity index (χ4n) is 2.35. The number of hydrogen-bond acceptors (Lipinski definition) is 5. The van der Waals surface area contributed by atoms with E-state index >= 15 is 0 Å². The summed E-state index contributed by atoms with van der Waals surface area (Å²) in [5, 5.41) is 6.13. The molecular weight excluding hydrogens is 246 g/mol. The second kappa shape index (κ2) is 6.65. The van der Waals surface area contributed by atoms with Gasteiger partial charge in [-0.1, -0.05) is 0 Å². The minimum absolute atomic E-state index is 0.0334. The third-order valence-electron chi connectivity index (χ3n) is 3.59. The van der Waals surface area contributed by atoms with Gasteiger partial charge in [-0.25, -0.2) is 0 Å². The molecule has 110 valence electrons. The van der Waals surface area contributed by atoms with E-state index < -0.39 is 0 Å². The van der Waals surface area contributed by atoms with E-state index in [1.807, 2.05) is 13.8 Å². The highest BCUT2D eigenvalue weighted by molar-refractivity contribution is 5.77. The minimum Gasteiger partial charge on any atom is -0.379 e. The molecular formula is C13H25N3O3. The number of carbonyl (C=O) groups excluding carboxylic acids is 1. The second-order valence-corrected chi connectivity index (χ2v) is 5.72. The first-order valence-corrected chi connectivity index (χ1v) is 7.01.